The van der Waals surface area contributed by atoms with E-state index < -0.39 is 0 Å². The smallest absolute Gasteiger partial charge is 0.213 e. The van der Waals surface area contributed by atoms with Gasteiger partial charge in [-0.25, -0.2) is 0 Å². The van der Waals surface area contributed by atoms with E-state index >= 15 is 0 Å². The highest BCUT2D eigenvalue weighted by Crippen LogP contribution is 2.26. The molecule has 1 heterocycles. The molecule has 0 bridgehead atoms. The molecule has 0 fully saturated rings. The van der Waals surface area contributed by atoms with Gasteiger partial charge >= 0.3 is 0 Å². The first-order valence-electron chi connectivity index (χ1n) is 7.46. The van der Waals surface area contributed by atoms with Crippen LogP contribution in [0.4, 0.5) is 0 Å². The molecule has 2 aromatic carbocycles. The summed E-state index contributed by atoms with van der Waals surface area (Å²) in [5.74, 6) is 1.76. The number of benzene rings is 2. The zero-order valence-electron chi connectivity index (χ0n) is 13.1. The normalized spacial score (nSPS) is 10.7. The van der Waals surface area contributed by atoms with Gasteiger partial charge in [-0.05, 0) is 62.5 Å². The van der Waals surface area contributed by atoms with Gasteiger partial charge in [0.15, 0.2) is 4.77 Å². The van der Waals surface area contributed by atoms with Crippen LogP contribution in [0.2, 0.25) is 0 Å². The lowest BCUT2D eigenvalue weighted by Crippen LogP contribution is -1.99. The third-order valence-corrected chi connectivity index (χ3v) is 4.13. The third kappa shape index (κ3) is 2.87. The predicted octanol–water partition coefficient (Wildman–Crippen LogP) is 4.83. The van der Waals surface area contributed by atoms with Crippen molar-refractivity contribution in [1.82, 2.24) is 9.13 Å². The highest BCUT2D eigenvalue weighted by atomic mass is 32.1. The molecule has 0 atom stereocenters. The Morgan fingerprint density at radius 3 is 2.17 bits per heavy atom. The zero-order valence-corrected chi connectivity index (χ0v) is 13.9. The molecule has 0 saturated heterocycles. The average molecular weight is 326 g/mol. The second-order valence-electron chi connectivity index (χ2n) is 5.18. The van der Waals surface area contributed by atoms with Gasteiger partial charge in [-0.1, -0.05) is 18.2 Å². The van der Waals surface area contributed by atoms with Crippen molar-refractivity contribution in [3.05, 3.63) is 65.1 Å². The quantitative estimate of drug-likeness (QED) is 0.698. The van der Waals surface area contributed by atoms with Crippen LogP contribution < -0.4 is 4.74 Å². The van der Waals surface area contributed by atoms with Crippen LogP contribution in [0.15, 0.2) is 54.6 Å². The number of imidazole rings is 1. The Hall–Kier alpha value is -2.53. The van der Waals surface area contributed by atoms with E-state index in [1.807, 2.05) is 73.0 Å². The fraction of sp³-hybridized carbons (Fsp3) is 0.167. The number of rotatable bonds is 4. The van der Waals surface area contributed by atoms with E-state index in [9.17, 15) is 5.11 Å². The Morgan fingerprint density at radius 1 is 1.00 bits per heavy atom. The fourth-order valence-electron chi connectivity index (χ4n) is 2.53. The molecule has 0 amide bonds. The predicted molar refractivity (Wildman–Crippen MR) is 93.2 cm³/mol. The van der Waals surface area contributed by atoms with Gasteiger partial charge < -0.3 is 9.84 Å². The third-order valence-electron chi connectivity index (χ3n) is 3.73. The summed E-state index contributed by atoms with van der Waals surface area (Å²) in [5.41, 5.74) is 1.63. The Bertz CT molecular complexity index is 865. The maximum Gasteiger partial charge on any atom is 0.213 e. The van der Waals surface area contributed by atoms with E-state index in [4.69, 9.17) is 17.0 Å². The summed E-state index contributed by atoms with van der Waals surface area (Å²) >= 11 is 5.45. The molecule has 1 aromatic heterocycles. The topological polar surface area (TPSA) is 39.3 Å². The van der Waals surface area contributed by atoms with E-state index in [-0.39, 0.29) is 5.88 Å². The lowest BCUT2D eigenvalue weighted by atomic mass is 10.3. The number of ether oxygens (including phenoxy) is 1. The minimum Gasteiger partial charge on any atom is -0.493 e. The van der Waals surface area contributed by atoms with Crippen molar-refractivity contribution >= 4 is 12.2 Å². The van der Waals surface area contributed by atoms with Gasteiger partial charge in [-0.15, -0.1) is 0 Å². The molecule has 1 N–H and O–H groups in total. The van der Waals surface area contributed by atoms with Gasteiger partial charge in [-0.2, -0.15) is 0 Å². The van der Waals surface area contributed by atoms with E-state index in [1.165, 1.54) is 0 Å². The van der Waals surface area contributed by atoms with Crippen LogP contribution in [-0.4, -0.2) is 14.2 Å². The first-order valence-corrected chi connectivity index (χ1v) is 7.87. The van der Waals surface area contributed by atoms with Crippen LogP contribution in [0, 0.1) is 11.7 Å². The summed E-state index contributed by atoms with van der Waals surface area (Å²) in [7, 11) is 0. The van der Waals surface area contributed by atoms with Gasteiger partial charge in [0.25, 0.3) is 0 Å². The van der Waals surface area contributed by atoms with Crippen LogP contribution in [0.3, 0.4) is 0 Å². The van der Waals surface area contributed by atoms with E-state index in [0.29, 0.717) is 11.3 Å². The summed E-state index contributed by atoms with van der Waals surface area (Å²) in [4.78, 5) is 0. The minimum absolute atomic E-state index is 0.210. The fourth-order valence-corrected chi connectivity index (χ4v) is 2.98. The molecule has 0 spiro atoms. The van der Waals surface area contributed by atoms with Crippen LogP contribution in [0.5, 0.6) is 17.4 Å². The lowest BCUT2D eigenvalue weighted by molar-refractivity contribution is 0.416. The molecule has 23 heavy (non-hydrogen) atoms. The van der Waals surface area contributed by atoms with Crippen LogP contribution >= 0.6 is 12.2 Å². The molecule has 3 rings (SSSR count). The van der Waals surface area contributed by atoms with Crippen LogP contribution in [0.1, 0.15) is 12.6 Å². The highest BCUT2D eigenvalue weighted by molar-refractivity contribution is 7.71. The first kappa shape index (κ1) is 15.4. The standard InChI is InChI=1S/C18H18N2O2S/c1-3-19-17(21)13(2)20(18(19)23)14-9-11-16(12-10-14)22-15-7-5-4-6-8-15/h4-12,21H,3H2,1-2H3. The molecular weight excluding hydrogens is 308 g/mol. The van der Waals surface area contributed by atoms with Gasteiger partial charge in [0.05, 0.1) is 5.69 Å². The summed E-state index contributed by atoms with van der Waals surface area (Å²) in [6.07, 6.45) is 0. The van der Waals surface area contributed by atoms with Gasteiger partial charge in [0.1, 0.15) is 11.5 Å². The van der Waals surface area contributed by atoms with E-state index in [2.05, 4.69) is 0 Å². The van der Waals surface area contributed by atoms with Crippen molar-refractivity contribution in [1.29, 1.82) is 0 Å². The molecular formula is C18H18N2O2S. The Morgan fingerprint density at radius 2 is 1.61 bits per heavy atom. The molecule has 0 aliphatic rings. The second-order valence-corrected chi connectivity index (χ2v) is 5.55. The number of nitrogens with zero attached hydrogens (tertiary/aromatic N) is 2. The van der Waals surface area contributed by atoms with Crippen molar-refractivity contribution in [3.8, 4) is 23.1 Å². The monoisotopic (exact) mass is 326 g/mol. The number of para-hydroxylation sites is 1. The largest absolute Gasteiger partial charge is 0.493 e. The molecule has 5 heteroatoms. The summed E-state index contributed by atoms with van der Waals surface area (Å²) in [6.45, 7) is 4.44. The highest BCUT2D eigenvalue weighted by Gasteiger charge is 2.13. The van der Waals surface area contributed by atoms with E-state index in [1.54, 1.807) is 4.57 Å². The van der Waals surface area contributed by atoms with Crippen molar-refractivity contribution in [2.24, 2.45) is 0 Å². The molecule has 0 aliphatic carbocycles. The summed E-state index contributed by atoms with van der Waals surface area (Å²) < 4.78 is 9.94. The molecule has 118 valence electrons. The molecule has 0 unspecified atom stereocenters. The maximum atomic E-state index is 10.2. The molecule has 0 saturated carbocycles. The minimum atomic E-state index is 0.210. The average Bonchev–Trinajstić information content (AvgIpc) is 2.79. The zero-order chi connectivity index (χ0) is 16.4. The molecule has 3 aromatic rings. The first-order chi connectivity index (χ1) is 11.1. The SMILES string of the molecule is CCn1c(O)c(C)n(-c2ccc(Oc3ccccc3)cc2)c1=S. The molecule has 4 nitrogen and oxygen atoms in total. The number of hydrogen-bond donors (Lipinski definition) is 1. The van der Waals surface area contributed by atoms with Gasteiger partial charge in [-0.3, -0.25) is 9.13 Å². The Balaban J connectivity index is 1.93. The maximum absolute atomic E-state index is 10.2. The molecule has 0 aliphatic heterocycles. The Labute approximate surface area is 140 Å². The van der Waals surface area contributed by atoms with E-state index in [0.717, 1.165) is 22.9 Å². The molecule has 0 radical (unpaired) electrons. The number of hydrogen-bond acceptors (Lipinski definition) is 3. The van der Waals surface area contributed by atoms with Crippen molar-refractivity contribution in [3.63, 3.8) is 0 Å². The number of aromatic hydroxyl groups is 1. The van der Waals surface area contributed by atoms with Gasteiger partial charge in [0, 0.05) is 12.2 Å². The Kier molecular flexibility index (Phi) is 4.21. The van der Waals surface area contributed by atoms with Crippen LogP contribution in [0.25, 0.3) is 5.69 Å². The van der Waals surface area contributed by atoms with Crippen molar-refractivity contribution in [2.75, 3.05) is 0 Å². The van der Waals surface area contributed by atoms with Crippen molar-refractivity contribution in [2.45, 2.75) is 20.4 Å². The van der Waals surface area contributed by atoms with Crippen LogP contribution in [-0.2, 0) is 6.54 Å². The van der Waals surface area contributed by atoms with Crippen molar-refractivity contribution < 1.29 is 9.84 Å². The second kappa shape index (κ2) is 6.30. The lowest BCUT2D eigenvalue weighted by Gasteiger charge is -2.08. The summed E-state index contributed by atoms with van der Waals surface area (Å²) in [6, 6.07) is 17.3. The number of aromatic nitrogens is 2. The summed E-state index contributed by atoms with van der Waals surface area (Å²) in [5, 5.41) is 10.2. The van der Waals surface area contributed by atoms with Gasteiger partial charge in [0.2, 0.25) is 5.88 Å².